The molecule has 110 valence electrons. The molecule has 21 heavy (non-hydrogen) atoms. The maximum atomic E-state index is 11.8. The fraction of sp³-hybridized carbons (Fsp3) is 0.188. The highest BCUT2D eigenvalue weighted by atomic mass is 127. The molecule has 0 saturated heterocycles. The molecule has 0 bridgehead atoms. The summed E-state index contributed by atoms with van der Waals surface area (Å²) in [6.07, 6.45) is 1.10. The second-order valence-corrected chi connectivity index (χ2v) is 6.14. The largest absolute Gasteiger partial charge is 0.494 e. The van der Waals surface area contributed by atoms with E-state index in [2.05, 4.69) is 27.9 Å². The highest BCUT2D eigenvalue weighted by Gasteiger charge is 2.02. The van der Waals surface area contributed by atoms with Crippen molar-refractivity contribution in [3.63, 3.8) is 0 Å². The third-order valence-corrected chi connectivity index (χ3v) is 3.73. The van der Waals surface area contributed by atoms with Gasteiger partial charge in [0.1, 0.15) is 5.75 Å². The fourth-order valence-corrected chi connectivity index (χ4v) is 2.20. The first-order chi connectivity index (χ1) is 10.1. The first-order valence-corrected chi connectivity index (χ1v) is 8.03. The van der Waals surface area contributed by atoms with Crippen molar-refractivity contribution in [2.24, 2.45) is 0 Å². The van der Waals surface area contributed by atoms with Crippen LogP contribution >= 0.6 is 34.2 Å². The summed E-state index contributed by atoms with van der Waals surface area (Å²) >= 11 is 8.02. The van der Waals surface area contributed by atoms with Crippen LogP contribution in [0.2, 0.25) is 5.02 Å². The lowest BCUT2D eigenvalue weighted by Crippen LogP contribution is -2.12. The second kappa shape index (κ2) is 8.24. The normalized spacial score (nSPS) is 10.2. The van der Waals surface area contributed by atoms with Gasteiger partial charge in [0.2, 0.25) is 5.91 Å². The highest BCUT2D eigenvalue weighted by molar-refractivity contribution is 14.1. The van der Waals surface area contributed by atoms with Crippen molar-refractivity contribution in [2.45, 2.75) is 12.8 Å². The zero-order valence-electron chi connectivity index (χ0n) is 11.3. The van der Waals surface area contributed by atoms with Crippen LogP contribution in [0.25, 0.3) is 0 Å². The van der Waals surface area contributed by atoms with Crippen molar-refractivity contribution >= 4 is 45.8 Å². The Balaban J connectivity index is 1.67. The molecule has 0 heterocycles. The third-order valence-electron chi connectivity index (χ3n) is 2.76. The van der Waals surface area contributed by atoms with E-state index >= 15 is 0 Å². The van der Waals surface area contributed by atoms with Crippen LogP contribution in [0.1, 0.15) is 12.8 Å². The maximum Gasteiger partial charge on any atom is 0.224 e. The molecule has 5 heteroatoms. The topological polar surface area (TPSA) is 38.3 Å². The summed E-state index contributed by atoms with van der Waals surface area (Å²) in [5.41, 5.74) is 0.819. The van der Waals surface area contributed by atoms with Gasteiger partial charge >= 0.3 is 0 Å². The van der Waals surface area contributed by atoms with Crippen LogP contribution in [0.15, 0.2) is 48.5 Å². The van der Waals surface area contributed by atoms with Crippen LogP contribution < -0.4 is 10.1 Å². The molecule has 0 saturated carbocycles. The highest BCUT2D eigenvalue weighted by Crippen LogP contribution is 2.16. The summed E-state index contributed by atoms with van der Waals surface area (Å²) in [6.45, 7) is 0.502. The summed E-state index contributed by atoms with van der Waals surface area (Å²) in [5, 5.41) is 3.54. The molecule has 0 fully saturated rings. The first kappa shape index (κ1) is 16.1. The number of hydrogen-bond acceptors (Lipinski definition) is 2. The van der Waals surface area contributed by atoms with Crippen molar-refractivity contribution in [2.75, 3.05) is 11.9 Å². The lowest BCUT2D eigenvalue weighted by atomic mass is 10.2. The quantitative estimate of drug-likeness (QED) is 0.546. The molecule has 0 atom stereocenters. The average Bonchev–Trinajstić information content (AvgIpc) is 2.48. The van der Waals surface area contributed by atoms with Gasteiger partial charge in [-0.25, -0.2) is 0 Å². The van der Waals surface area contributed by atoms with E-state index in [-0.39, 0.29) is 5.91 Å². The summed E-state index contributed by atoms with van der Waals surface area (Å²) in [4.78, 5) is 11.8. The molecule has 0 aliphatic heterocycles. The number of carbonyl (C=O) groups excluding carboxylic acids is 1. The summed E-state index contributed by atoms with van der Waals surface area (Å²) in [5.74, 6) is 0.758. The SMILES string of the molecule is O=C(CCCOc1ccc(Cl)cc1)Nc1ccc(I)cc1. The minimum Gasteiger partial charge on any atom is -0.494 e. The minimum atomic E-state index is -0.00378. The van der Waals surface area contributed by atoms with Gasteiger partial charge in [-0.2, -0.15) is 0 Å². The average molecular weight is 416 g/mol. The molecule has 0 aliphatic rings. The first-order valence-electron chi connectivity index (χ1n) is 6.57. The number of rotatable bonds is 6. The molecule has 2 rings (SSSR count). The van der Waals surface area contributed by atoms with E-state index in [0.717, 1.165) is 15.0 Å². The Morgan fingerprint density at radius 1 is 1.10 bits per heavy atom. The predicted octanol–water partition coefficient (Wildman–Crippen LogP) is 4.74. The number of anilines is 1. The maximum absolute atomic E-state index is 11.8. The van der Waals surface area contributed by atoms with Gasteiger partial charge in [0, 0.05) is 20.7 Å². The zero-order chi connectivity index (χ0) is 15.1. The predicted molar refractivity (Wildman–Crippen MR) is 94.0 cm³/mol. The van der Waals surface area contributed by atoms with Crippen molar-refractivity contribution in [3.05, 3.63) is 57.1 Å². The Morgan fingerprint density at radius 3 is 2.43 bits per heavy atom. The minimum absolute atomic E-state index is 0.00378. The molecule has 3 nitrogen and oxygen atoms in total. The lowest BCUT2D eigenvalue weighted by molar-refractivity contribution is -0.116. The van der Waals surface area contributed by atoms with Gasteiger partial charge in [0.25, 0.3) is 0 Å². The van der Waals surface area contributed by atoms with Crippen molar-refractivity contribution < 1.29 is 9.53 Å². The van der Waals surface area contributed by atoms with Crippen LogP contribution in [0.3, 0.4) is 0 Å². The van der Waals surface area contributed by atoms with E-state index in [0.29, 0.717) is 24.5 Å². The molecule has 0 unspecified atom stereocenters. The van der Waals surface area contributed by atoms with E-state index < -0.39 is 0 Å². The molecular formula is C16H15ClINO2. The standard InChI is InChI=1S/C16H15ClINO2/c17-12-3-9-15(10-4-12)21-11-1-2-16(20)19-14-7-5-13(18)6-8-14/h3-10H,1-2,11H2,(H,19,20). The van der Waals surface area contributed by atoms with Gasteiger partial charge in [0.05, 0.1) is 6.61 Å². The number of nitrogens with one attached hydrogen (secondary N) is 1. The number of carbonyl (C=O) groups is 1. The Bertz CT molecular complexity index is 584. The van der Waals surface area contributed by atoms with E-state index in [9.17, 15) is 4.79 Å². The van der Waals surface area contributed by atoms with Gasteiger partial charge in [-0.05, 0) is 77.5 Å². The second-order valence-electron chi connectivity index (χ2n) is 4.46. The van der Waals surface area contributed by atoms with Crippen LogP contribution in [0.5, 0.6) is 5.75 Å². The molecule has 0 spiro atoms. The smallest absolute Gasteiger partial charge is 0.224 e. The fourth-order valence-electron chi connectivity index (χ4n) is 1.71. The number of benzene rings is 2. The molecule has 1 N–H and O–H groups in total. The molecule has 2 aromatic carbocycles. The number of amides is 1. The van der Waals surface area contributed by atoms with Crippen LogP contribution in [0, 0.1) is 3.57 Å². The molecule has 2 aromatic rings. The Kier molecular flexibility index (Phi) is 6.32. The molecular weight excluding hydrogens is 401 g/mol. The van der Waals surface area contributed by atoms with Gasteiger partial charge in [0.15, 0.2) is 0 Å². The third kappa shape index (κ3) is 5.93. The Morgan fingerprint density at radius 2 is 1.76 bits per heavy atom. The summed E-state index contributed by atoms with van der Waals surface area (Å²) < 4.78 is 6.68. The summed E-state index contributed by atoms with van der Waals surface area (Å²) in [6, 6.07) is 14.9. The molecule has 0 radical (unpaired) electrons. The number of halogens is 2. The van der Waals surface area contributed by atoms with Gasteiger partial charge in [-0.3, -0.25) is 4.79 Å². The van der Waals surface area contributed by atoms with Crippen LogP contribution in [0.4, 0.5) is 5.69 Å². The Labute approximate surface area is 142 Å². The van der Waals surface area contributed by atoms with Crippen molar-refractivity contribution in [1.29, 1.82) is 0 Å². The van der Waals surface area contributed by atoms with E-state index in [1.165, 1.54) is 0 Å². The van der Waals surface area contributed by atoms with Gasteiger partial charge in [-0.15, -0.1) is 0 Å². The number of hydrogen-bond donors (Lipinski definition) is 1. The van der Waals surface area contributed by atoms with E-state index in [1.54, 1.807) is 12.1 Å². The lowest BCUT2D eigenvalue weighted by Gasteiger charge is -2.07. The molecule has 0 aromatic heterocycles. The van der Waals surface area contributed by atoms with E-state index in [4.69, 9.17) is 16.3 Å². The van der Waals surface area contributed by atoms with Gasteiger partial charge < -0.3 is 10.1 Å². The zero-order valence-corrected chi connectivity index (χ0v) is 14.2. The summed E-state index contributed by atoms with van der Waals surface area (Å²) in [7, 11) is 0. The molecule has 1 amide bonds. The Hall–Kier alpha value is -1.27. The van der Waals surface area contributed by atoms with Gasteiger partial charge in [-0.1, -0.05) is 11.6 Å². The van der Waals surface area contributed by atoms with Crippen LogP contribution in [-0.4, -0.2) is 12.5 Å². The van der Waals surface area contributed by atoms with Crippen LogP contribution in [-0.2, 0) is 4.79 Å². The van der Waals surface area contributed by atoms with Crippen molar-refractivity contribution in [1.82, 2.24) is 0 Å². The van der Waals surface area contributed by atoms with E-state index in [1.807, 2.05) is 36.4 Å². The molecule has 0 aliphatic carbocycles. The van der Waals surface area contributed by atoms with Crippen molar-refractivity contribution in [3.8, 4) is 5.75 Å². The monoisotopic (exact) mass is 415 g/mol. The number of ether oxygens (including phenoxy) is 1.